The Morgan fingerprint density at radius 3 is 1.61 bits per heavy atom. The minimum Gasteiger partial charge on any atom is -0.305 e. The van der Waals surface area contributed by atoms with E-state index in [9.17, 15) is 9.65 Å². The fourth-order valence-corrected chi connectivity index (χ4v) is 9.58. The summed E-state index contributed by atoms with van der Waals surface area (Å²) < 4.78 is 49.2. The molecule has 0 N–H and O–H groups in total. The van der Waals surface area contributed by atoms with Crippen LogP contribution in [0.3, 0.4) is 0 Å². The Labute approximate surface area is 473 Å². The standard InChI is InChI=1S/C71H60FN4.Ir/c1-48(2)38-53-21-35-69(75-46-53)57-23-17-49(18-24-57)13-15-51-39-52(16-14-50-19-25-58(26-20-50)70-36-22-54(47-76-70)44-71(3,4)5)41-62(40-51)63-10-6-7-11-64(63)65-34-33-60(68-12-8-9-37-74-68)42-66(65)56-29-27-55(28-30-56)59-31-32-61(45-73)67(72)43-59;/h6-12,17-23,25,27-32,34-37,39-43,46-48H,13-16,38,44H2,1-5H3;/q-3;+3/i38D2,44D2;. The van der Waals surface area contributed by atoms with E-state index < -0.39 is 24.0 Å². The number of aryl methyl sites for hydroxylation is 4. The number of rotatable bonds is 16. The zero-order valence-corrected chi connectivity index (χ0v) is 46.3. The zero-order chi connectivity index (χ0) is 56.2. The van der Waals surface area contributed by atoms with Gasteiger partial charge >= 0.3 is 20.1 Å². The van der Waals surface area contributed by atoms with Crippen LogP contribution in [0.25, 0.3) is 78.3 Å². The Kier molecular flexibility index (Phi) is 15.4. The predicted molar refractivity (Wildman–Crippen MR) is 308 cm³/mol. The summed E-state index contributed by atoms with van der Waals surface area (Å²) in [4.78, 5) is 13.9. The van der Waals surface area contributed by atoms with E-state index in [1.165, 1.54) is 23.3 Å². The van der Waals surface area contributed by atoms with Crippen LogP contribution in [0.1, 0.15) is 79.0 Å². The van der Waals surface area contributed by atoms with Gasteiger partial charge in [0, 0.05) is 24.1 Å². The van der Waals surface area contributed by atoms with E-state index >= 15 is 0 Å². The zero-order valence-electron chi connectivity index (χ0n) is 47.9. The van der Waals surface area contributed by atoms with Crippen molar-refractivity contribution >= 4 is 0 Å². The van der Waals surface area contributed by atoms with E-state index in [2.05, 4.69) is 112 Å². The second kappa shape index (κ2) is 24.4. The molecule has 0 aliphatic heterocycles. The van der Waals surface area contributed by atoms with Gasteiger partial charge in [0.05, 0.1) is 5.56 Å². The molecule has 0 unspecified atom stereocenters. The quantitative estimate of drug-likeness (QED) is 0.0905. The van der Waals surface area contributed by atoms with Gasteiger partial charge in [-0.2, -0.15) is 5.26 Å². The van der Waals surface area contributed by atoms with E-state index in [0.29, 0.717) is 16.7 Å². The number of nitriles is 1. The van der Waals surface area contributed by atoms with Crippen LogP contribution >= 0.6 is 0 Å². The van der Waals surface area contributed by atoms with Crippen LogP contribution in [0.5, 0.6) is 0 Å². The van der Waals surface area contributed by atoms with Gasteiger partial charge in [0.15, 0.2) is 0 Å². The van der Waals surface area contributed by atoms with E-state index in [1.54, 1.807) is 24.7 Å². The molecule has 6 heteroatoms. The van der Waals surface area contributed by atoms with E-state index in [-0.39, 0.29) is 31.6 Å². The summed E-state index contributed by atoms with van der Waals surface area (Å²) in [5, 5.41) is 9.35. The van der Waals surface area contributed by atoms with Gasteiger partial charge in [-0.3, -0.25) is 0 Å². The summed E-state index contributed by atoms with van der Waals surface area (Å²) in [5.74, 6) is -0.727. The molecule has 0 amide bonds. The molecule has 10 aromatic rings. The number of benzene rings is 7. The van der Waals surface area contributed by atoms with Crippen molar-refractivity contribution in [3.05, 3.63) is 257 Å². The first-order valence-electron chi connectivity index (χ1n) is 27.9. The molecule has 3 heterocycles. The molecule has 0 atom stereocenters. The van der Waals surface area contributed by atoms with Crippen LogP contribution in [-0.2, 0) is 58.5 Å². The summed E-state index contributed by atoms with van der Waals surface area (Å²) in [6.07, 6.45) is 5.21. The summed E-state index contributed by atoms with van der Waals surface area (Å²) in [6.45, 7) is 9.45. The Hall–Kier alpha value is -7.94. The summed E-state index contributed by atoms with van der Waals surface area (Å²) >= 11 is 0. The van der Waals surface area contributed by atoms with Crippen LogP contribution in [0.15, 0.2) is 195 Å². The minimum atomic E-state index is -1.53. The van der Waals surface area contributed by atoms with Crippen molar-refractivity contribution < 1.29 is 30.0 Å². The van der Waals surface area contributed by atoms with E-state index in [4.69, 9.17) is 5.48 Å². The van der Waals surface area contributed by atoms with Crippen molar-refractivity contribution in [3.63, 3.8) is 0 Å². The summed E-state index contributed by atoms with van der Waals surface area (Å²) in [7, 11) is 0. The third-order valence-corrected chi connectivity index (χ3v) is 13.3. The number of hydrogen-bond acceptors (Lipinski definition) is 4. The van der Waals surface area contributed by atoms with Gasteiger partial charge in [-0.1, -0.05) is 173 Å². The fraction of sp³-hybridized carbons (Fsp3) is 0.183. The molecule has 380 valence electrons. The maximum absolute atomic E-state index is 14.8. The Morgan fingerprint density at radius 2 is 1.06 bits per heavy atom. The first-order chi connectivity index (χ1) is 38.4. The number of pyridine rings is 3. The van der Waals surface area contributed by atoms with Gasteiger partial charge < -0.3 is 15.0 Å². The molecular weight excluding hydrogens is 1120 g/mol. The van der Waals surface area contributed by atoms with Gasteiger partial charge in [0.2, 0.25) is 0 Å². The molecule has 0 bridgehead atoms. The van der Waals surface area contributed by atoms with Crippen LogP contribution in [0.2, 0.25) is 0 Å². The Morgan fingerprint density at radius 1 is 0.506 bits per heavy atom. The van der Waals surface area contributed by atoms with Crippen LogP contribution < -0.4 is 0 Å². The number of nitrogens with zero attached hydrogens (tertiary/aromatic N) is 4. The smallest absolute Gasteiger partial charge is 0.305 e. The number of hydrogen-bond donors (Lipinski definition) is 0. The van der Waals surface area contributed by atoms with Crippen molar-refractivity contribution in [3.8, 4) is 84.3 Å². The molecule has 0 fully saturated rings. The molecule has 7 aromatic carbocycles. The van der Waals surface area contributed by atoms with Gasteiger partial charge in [-0.25, -0.2) is 4.39 Å². The Balaban J connectivity index is 0.00000792. The SMILES string of the molecule is [2H]C([2H])(c1ccc(-c2[c-]cc(CCc3cc(CCc4c[c-]c(-c5ccc(C([2H])([2H])C(C)(C)C)cn5)cc4)cc(-c4ccccc4-c4c[c-]c(-c5ccccn5)cc4-c4ccc(-c5ccc(C#N)c(F)c5)cc4)c3)cc2)nc1)C(C)C.[Ir+3]. The largest absolute Gasteiger partial charge is 3.00 e. The molecule has 0 aliphatic carbocycles. The average molecular weight is 1180 g/mol. The molecular formula is C71H60FIrN4. The van der Waals surface area contributed by atoms with Crippen molar-refractivity contribution in [2.75, 3.05) is 0 Å². The molecule has 0 aliphatic rings. The third-order valence-electron chi connectivity index (χ3n) is 13.3. The van der Waals surface area contributed by atoms with Gasteiger partial charge in [0.1, 0.15) is 11.9 Å². The monoisotopic (exact) mass is 1180 g/mol. The summed E-state index contributed by atoms with van der Waals surface area (Å²) in [6, 6.07) is 70.6. The van der Waals surface area contributed by atoms with Crippen LogP contribution in [-0.4, -0.2) is 15.0 Å². The molecule has 0 saturated heterocycles. The first-order valence-corrected chi connectivity index (χ1v) is 25.9. The molecule has 4 nitrogen and oxygen atoms in total. The molecule has 10 rings (SSSR count). The molecule has 0 radical (unpaired) electrons. The molecule has 77 heavy (non-hydrogen) atoms. The van der Waals surface area contributed by atoms with Crippen molar-refractivity contribution in [1.82, 2.24) is 15.0 Å². The topological polar surface area (TPSA) is 62.5 Å². The van der Waals surface area contributed by atoms with E-state index in [0.717, 1.165) is 110 Å². The van der Waals surface area contributed by atoms with Crippen LogP contribution in [0.4, 0.5) is 4.39 Å². The van der Waals surface area contributed by atoms with Crippen molar-refractivity contribution in [2.24, 2.45) is 11.3 Å². The second-order valence-corrected chi connectivity index (χ2v) is 20.6. The predicted octanol–water partition coefficient (Wildman–Crippen LogP) is 17.3. The average Bonchev–Trinajstić information content (AvgIpc) is 3.53. The van der Waals surface area contributed by atoms with Crippen molar-refractivity contribution in [1.29, 1.82) is 5.26 Å². The van der Waals surface area contributed by atoms with Crippen molar-refractivity contribution in [2.45, 2.75) is 73.0 Å². The number of aromatic nitrogens is 3. The normalized spacial score (nSPS) is 12.4. The first kappa shape index (κ1) is 48.7. The van der Waals surface area contributed by atoms with Crippen LogP contribution in [0, 0.1) is 46.7 Å². The minimum absolute atomic E-state index is 0. The molecule has 0 saturated carbocycles. The molecule has 3 aromatic heterocycles. The Bertz CT molecular complexity index is 3830. The summed E-state index contributed by atoms with van der Waals surface area (Å²) in [5.41, 5.74) is 17.8. The maximum atomic E-state index is 14.8. The maximum Gasteiger partial charge on any atom is 3.00 e. The van der Waals surface area contributed by atoms with Gasteiger partial charge in [-0.05, 0) is 122 Å². The number of halogens is 1. The fourth-order valence-electron chi connectivity index (χ4n) is 9.58. The third kappa shape index (κ3) is 13.5. The van der Waals surface area contributed by atoms with Gasteiger partial charge in [0.25, 0.3) is 0 Å². The second-order valence-electron chi connectivity index (χ2n) is 20.6. The molecule has 0 spiro atoms. The van der Waals surface area contributed by atoms with Gasteiger partial charge in [-0.15, -0.1) is 94.5 Å². The van der Waals surface area contributed by atoms with E-state index in [1.807, 2.05) is 120 Å².